The molecule has 6 heteroatoms. The number of nitrogens with one attached hydrogen (secondary N) is 1. The quantitative estimate of drug-likeness (QED) is 0.744. The molecule has 0 unspecified atom stereocenters. The van der Waals surface area contributed by atoms with Gasteiger partial charge in [0.15, 0.2) is 0 Å². The number of piperazine rings is 1. The Balaban J connectivity index is 1.93. The molecular weight excluding hydrogens is 246 g/mol. The van der Waals surface area contributed by atoms with E-state index in [0.29, 0.717) is 19.5 Å². The summed E-state index contributed by atoms with van der Waals surface area (Å²) in [5, 5.41) is 11.4. The molecule has 0 radical (unpaired) electrons. The molecule has 1 aliphatic rings. The van der Waals surface area contributed by atoms with Gasteiger partial charge in [-0.2, -0.15) is 0 Å². The summed E-state index contributed by atoms with van der Waals surface area (Å²) in [6.07, 6.45) is 0.647. The Hall–Kier alpha value is -2.08. The van der Waals surface area contributed by atoms with E-state index in [1.807, 2.05) is 24.3 Å². The lowest BCUT2D eigenvalue weighted by Gasteiger charge is -2.35. The summed E-state index contributed by atoms with van der Waals surface area (Å²) < 4.78 is 0. The molecule has 2 rings (SSSR count). The van der Waals surface area contributed by atoms with Gasteiger partial charge < -0.3 is 20.2 Å². The van der Waals surface area contributed by atoms with Crippen LogP contribution in [0.25, 0.3) is 0 Å². The van der Waals surface area contributed by atoms with Crippen molar-refractivity contribution in [1.29, 1.82) is 0 Å². The third-order valence-corrected chi connectivity index (χ3v) is 3.23. The molecule has 6 nitrogen and oxygen atoms in total. The molecule has 1 aromatic rings. The number of hydrogen-bond acceptors (Lipinski definition) is 4. The van der Waals surface area contributed by atoms with Crippen LogP contribution in [0.1, 0.15) is 0 Å². The number of benzene rings is 1. The molecule has 2 N–H and O–H groups in total. The maximum absolute atomic E-state index is 11.3. The normalized spacial score (nSPS) is 15.2. The number of carbonyl (C=O) groups excluding carboxylic acids is 2. The molecule has 1 aliphatic heterocycles. The number of aliphatic hydroxyl groups excluding tert-OH is 1. The van der Waals surface area contributed by atoms with Crippen LogP contribution in [-0.4, -0.2) is 55.1 Å². The molecule has 1 heterocycles. The first-order chi connectivity index (χ1) is 9.24. The smallest absolute Gasteiger partial charge is 0.248 e. The summed E-state index contributed by atoms with van der Waals surface area (Å²) >= 11 is 0. The Labute approximate surface area is 111 Å². The van der Waals surface area contributed by atoms with Crippen LogP contribution in [0.5, 0.6) is 0 Å². The number of hydrogen-bond donors (Lipinski definition) is 2. The average Bonchev–Trinajstić information content (AvgIpc) is 2.48. The zero-order valence-corrected chi connectivity index (χ0v) is 10.6. The van der Waals surface area contributed by atoms with Gasteiger partial charge in [0.2, 0.25) is 12.3 Å². The van der Waals surface area contributed by atoms with E-state index >= 15 is 0 Å². The standard InChI is InChI=1S/C13H17N3O3/c17-9-13(19)16-7-5-15(6-8-16)12-3-1-11(2-4-12)14-10-18/h1-4,10,17H,5-9H2,(H,14,18). The zero-order valence-electron chi connectivity index (χ0n) is 10.6. The van der Waals surface area contributed by atoms with Crippen molar-refractivity contribution in [2.45, 2.75) is 0 Å². The Morgan fingerprint density at radius 2 is 1.84 bits per heavy atom. The molecule has 0 aliphatic carbocycles. The van der Waals surface area contributed by atoms with Crippen LogP contribution in [0, 0.1) is 0 Å². The second kappa shape index (κ2) is 6.19. The molecule has 1 fully saturated rings. The van der Waals surface area contributed by atoms with E-state index in [1.165, 1.54) is 0 Å². The monoisotopic (exact) mass is 263 g/mol. The third kappa shape index (κ3) is 3.23. The van der Waals surface area contributed by atoms with Gasteiger partial charge in [0.25, 0.3) is 0 Å². The Bertz CT molecular complexity index is 439. The van der Waals surface area contributed by atoms with Crippen LogP contribution in [0.15, 0.2) is 24.3 Å². The van der Waals surface area contributed by atoms with Crippen LogP contribution in [0.3, 0.4) is 0 Å². The number of nitrogens with zero attached hydrogens (tertiary/aromatic N) is 2. The Morgan fingerprint density at radius 3 is 2.37 bits per heavy atom. The first-order valence-corrected chi connectivity index (χ1v) is 6.18. The summed E-state index contributed by atoms with van der Waals surface area (Å²) in [6, 6.07) is 7.56. The van der Waals surface area contributed by atoms with Crippen molar-refractivity contribution >= 4 is 23.7 Å². The van der Waals surface area contributed by atoms with Gasteiger partial charge in [0, 0.05) is 37.6 Å². The van der Waals surface area contributed by atoms with E-state index in [0.717, 1.165) is 24.5 Å². The lowest BCUT2D eigenvalue weighted by molar-refractivity contribution is -0.134. The predicted octanol–water partition coefficient (Wildman–Crippen LogP) is -0.104. The Kier molecular flexibility index (Phi) is 4.35. The number of carbonyl (C=O) groups is 2. The molecule has 1 saturated heterocycles. The topological polar surface area (TPSA) is 72.9 Å². The highest BCUT2D eigenvalue weighted by Gasteiger charge is 2.20. The number of amides is 2. The van der Waals surface area contributed by atoms with E-state index in [2.05, 4.69) is 10.2 Å². The van der Waals surface area contributed by atoms with E-state index in [-0.39, 0.29) is 5.91 Å². The van der Waals surface area contributed by atoms with E-state index in [1.54, 1.807) is 4.90 Å². The van der Waals surface area contributed by atoms with Gasteiger partial charge in [-0.05, 0) is 24.3 Å². The largest absolute Gasteiger partial charge is 0.387 e. The second-order valence-corrected chi connectivity index (χ2v) is 4.34. The SMILES string of the molecule is O=CNc1ccc(N2CCN(C(=O)CO)CC2)cc1. The van der Waals surface area contributed by atoms with Crippen LogP contribution in [0.4, 0.5) is 11.4 Å². The molecule has 2 amide bonds. The number of aliphatic hydroxyl groups is 1. The average molecular weight is 263 g/mol. The fraction of sp³-hybridized carbons (Fsp3) is 0.385. The maximum atomic E-state index is 11.3. The summed E-state index contributed by atoms with van der Waals surface area (Å²) in [6.45, 7) is 2.30. The van der Waals surface area contributed by atoms with Gasteiger partial charge in [-0.15, -0.1) is 0 Å². The summed E-state index contributed by atoms with van der Waals surface area (Å²) in [7, 11) is 0. The van der Waals surface area contributed by atoms with Crippen LogP contribution >= 0.6 is 0 Å². The zero-order chi connectivity index (χ0) is 13.7. The fourth-order valence-corrected chi connectivity index (χ4v) is 2.15. The lowest BCUT2D eigenvalue weighted by atomic mass is 10.2. The van der Waals surface area contributed by atoms with Crippen molar-refractivity contribution in [2.24, 2.45) is 0 Å². The number of rotatable bonds is 4. The molecular formula is C13H17N3O3. The molecule has 19 heavy (non-hydrogen) atoms. The van der Waals surface area contributed by atoms with Gasteiger partial charge >= 0.3 is 0 Å². The minimum atomic E-state index is -0.425. The fourth-order valence-electron chi connectivity index (χ4n) is 2.15. The maximum Gasteiger partial charge on any atom is 0.248 e. The first-order valence-electron chi connectivity index (χ1n) is 6.18. The second-order valence-electron chi connectivity index (χ2n) is 4.34. The minimum Gasteiger partial charge on any atom is -0.387 e. The number of anilines is 2. The third-order valence-electron chi connectivity index (χ3n) is 3.23. The van der Waals surface area contributed by atoms with Gasteiger partial charge in [-0.1, -0.05) is 0 Å². The molecule has 0 atom stereocenters. The minimum absolute atomic E-state index is 0.217. The highest BCUT2D eigenvalue weighted by molar-refractivity contribution is 5.77. The summed E-state index contributed by atoms with van der Waals surface area (Å²) in [5.41, 5.74) is 1.82. The Morgan fingerprint density at radius 1 is 1.21 bits per heavy atom. The van der Waals surface area contributed by atoms with Gasteiger partial charge in [0.05, 0.1) is 0 Å². The molecule has 1 aromatic carbocycles. The van der Waals surface area contributed by atoms with Crippen LogP contribution in [-0.2, 0) is 9.59 Å². The van der Waals surface area contributed by atoms with Gasteiger partial charge in [0.1, 0.15) is 6.61 Å². The summed E-state index contributed by atoms with van der Waals surface area (Å²) in [4.78, 5) is 25.5. The van der Waals surface area contributed by atoms with Crippen molar-refractivity contribution in [2.75, 3.05) is 43.0 Å². The van der Waals surface area contributed by atoms with Crippen molar-refractivity contribution in [3.63, 3.8) is 0 Å². The highest BCUT2D eigenvalue weighted by atomic mass is 16.3. The molecule has 102 valence electrons. The van der Waals surface area contributed by atoms with E-state index in [4.69, 9.17) is 5.11 Å². The molecule has 0 spiro atoms. The van der Waals surface area contributed by atoms with Crippen LogP contribution in [0.2, 0.25) is 0 Å². The van der Waals surface area contributed by atoms with E-state index in [9.17, 15) is 9.59 Å². The van der Waals surface area contributed by atoms with Crippen molar-refractivity contribution < 1.29 is 14.7 Å². The summed E-state index contributed by atoms with van der Waals surface area (Å²) in [5.74, 6) is -0.217. The van der Waals surface area contributed by atoms with Gasteiger partial charge in [-0.3, -0.25) is 9.59 Å². The van der Waals surface area contributed by atoms with Crippen LogP contribution < -0.4 is 10.2 Å². The molecule has 0 saturated carbocycles. The first kappa shape index (κ1) is 13.4. The van der Waals surface area contributed by atoms with Crippen molar-refractivity contribution in [1.82, 2.24) is 4.90 Å². The van der Waals surface area contributed by atoms with Crippen molar-refractivity contribution in [3.05, 3.63) is 24.3 Å². The molecule has 0 aromatic heterocycles. The van der Waals surface area contributed by atoms with Gasteiger partial charge in [-0.25, -0.2) is 0 Å². The lowest BCUT2D eigenvalue weighted by Crippen LogP contribution is -2.49. The highest BCUT2D eigenvalue weighted by Crippen LogP contribution is 2.19. The predicted molar refractivity (Wildman–Crippen MR) is 72.0 cm³/mol. The molecule has 0 bridgehead atoms. The van der Waals surface area contributed by atoms with E-state index < -0.39 is 6.61 Å². The van der Waals surface area contributed by atoms with Crippen molar-refractivity contribution in [3.8, 4) is 0 Å².